The molecule has 4 aliphatic carbocycles. The van der Waals surface area contributed by atoms with Gasteiger partial charge in [-0.25, -0.2) is 0 Å². The first kappa shape index (κ1) is 19.7. The number of carbonyl (C=O) groups is 1. The molecule has 0 saturated heterocycles. The van der Waals surface area contributed by atoms with E-state index >= 15 is 0 Å². The fraction of sp³-hybridized carbons (Fsp3) is 0.640. The van der Waals surface area contributed by atoms with Crippen molar-refractivity contribution in [1.82, 2.24) is 0 Å². The Morgan fingerprint density at radius 1 is 1.25 bits per heavy atom. The standard InChI is InChI=1S/C25H34O3/c1-15(2)19-10-8-16(11-23(19)28-24(27)12-17-5-6-17)7-9-18-13-22(26)21-14-20(18)25(21,3)4/h8,10-11,13,15,17,20-22,26H,5-7,9,12,14H2,1-4H3. The summed E-state index contributed by atoms with van der Waals surface area (Å²) in [5.74, 6) is 2.52. The Hall–Kier alpha value is -1.61. The molecule has 0 aromatic heterocycles. The summed E-state index contributed by atoms with van der Waals surface area (Å²) in [7, 11) is 0. The van der Waals surface area contributed by atoms with Gasteiger partial charge >= 0.3 is 5.97 Å². The lowest BCUT2D eigenvalue weighted by molar-refractivity contribution is -0.134. The van der Waals surface area contributed by atoms with Gasteiger partial charge in [0.2, 0.25) is 0 Å². The maximum absolute atomic E-state index is 12.3. The lowest BCUT2D eigenvalue weighted by Gasteiger charge is -2.58. The molecule has 2 saturated carbocycles. The van der Waals surface area contributed by atoms with E-state index in [9.17, 15) is 9.90 Å². The van der Waals surface area contributed by atoms with Gasteiger partial charge in [0.05, 0.1) is 6.10 Å². The van der Waals surface area contributed by atoms with E-state index in [2.05, 4.69) is 52.0 Å². The number of ether oxygens (including phenoxy) is 1. The molecule has 3 unspecified atom stereocenters. The van der Waals surface area contributed by atoms with Crippen LogP contribution in [0.3, 0.4) is 0 Å². The lowest BCUT2D eigenvalue weighted by Crippen LogP contribution is -2.54. The van der Waals surface area contributed by atoms with Crippen molar-refractivity contribution in [3.63, 3.8) is 0 Å². The number of aryl methyl sites for hydroxylation is 1. The van der Waals surface area contributed by atoms with Crippen LogP contribution in [0.5, 0.6) is 5.75 Å². The van der Waals surface area contributed by atoms with Gasteiger partial charge in [0.25, 0.3) is 0 Å². The predicted octanol–water partition coefficient (Wildman–Crippen LogP) is 5.41. The van der Waals surface area contributed by atoms with Gasteiger partial charge in [-0.3, -0.25) is 4.79 Å². The van der Waals surface area contributed by atoms with Crippen LogP contribution < -0.4 is 4.74 Å². The van der Waals surface area contributed by atoms with E-state index in [1.54, 1.807) is 0 Å². The Kier molecular flexibility index (Phi) is 5.16. The van der Waals surface area contributed by atoms with Crippen LogP contribution in [0.4, 0.5) is 0 Å². The smallest absolute Gasteiger partial charge is 0.311 e. The number of aliphatic hydroxyl groups excluding tert-OH is 1. The zero-order valence-electron chi connectivity index (χ0n) is 17.7. The molecule has 3 nitrogen and oxygen atoms in total. The lowest BCUT2D eigenvalue weighted by atomic mass is 9.47. The average Bonchev–Trinajstić information content (AvgIpc) is 3.42. The van der Waals surface area contributed by atoms with E-state index in [1.807, 2.05) is 0 Å². The van der Waals surface area contributed by atoms with E-state index in [4.69, 9.17) is 4.74 Å². The molecule has 2 bridgehead atoms. The second-order valence-corrected chi connectivity index (χ2v) is 10.1. The van der Waals surface area contributed by atoms with Crippen LogP contribution in [0.1, 0.15) is 76.8 Å². The van der Waals surface area contributed by atoms with Gasteiger partial charge in [0.1, 0.15) is 5.75 Å². The first-order valence-electron chi connectivity index (χ1n) is 11.0. The molecule has 0 spiro atoms. The molecule has 1 N–H and O–H groups in total. The van der Waals surface area contributed by atoms with Crippen LogP contribution in [-0.2, 0) is 11.2 Å². The van der Waals surface area contributed by atoms with Crippen molar-refractivity contribution >= 4 is 5.97 Å². The molecule has 0 radical (unpaired) electrons. The number of allylic oxidation sites excluding steroid dienone is 1. The molecule has 1 aromatic carbocycles. The molecule has 0 heterocycles. The van der Waals surface area contributed by atoms with E-state index in [0.29, 0.717) is 30.1 Å². The SMILES string of the molecule is CC(C)c1ccc(CCC2=CC(O)C3CC2C3(C)C)cc1OC(=O)CC1CC1. The second-order valence-electron chi connectivity index (χ2n) is 10.1. The van der Waals surface area contributed by atoms with E-state index in [1.165, 1.54) is 11.1 Å². The topological polar surface area (TPSA) is 46.5 Å². The number of aliphatic hydroxyl groups is 1. The zero-order chi connectivity index (χ0) is 20.1. The van der Waals surface area contributed by atoms with E-state index in [-0.39, 0.29) is 17.5 Å². The third kappa shape index (κ3) is 3.78. The van der Waals surface area contributed by atoms with Gasteiger partial charge in [-0.2, -0.15) is 0 Å². The van der Waals surface area contributed by atoms with Crippen molar-refractivity contribution < 1.29 is 14.6 Å². The van der Waals surface area contributed by atoms with Crippen LogP contribution in [-0.4, -0.2) is 17.2 Å². The summed E-state index contributed by atoms with van der Waals surface area (Å²) in [6.07, 6.45) is 7.67. The number of rotatable bonds is 7. The van der Waals surface area contributed by atoms with Crippen molar-refractivity contribution in [3.8, 4) is 5.75 Å². The number of hydrogen-bond donors (Lipinski definition) is 1. The highest BCUT2D eigenvalue weighted by Crippen LogP contribution is 2.59. The van der Waals surface area contributed by atoms with Gasteiger partial charge in [-0.05, 0) is 78.4 Å². The molecule has 1 aromatic rings. The Morgan fingerprint density at radius 2 is 2.00 bits per heavy atom. The van der Waals surface area contributed by atoms with E-state index in [0.717, 1.165) is 43.4 Å². The first-order chi connectivity index (χ1) is 13.3. The summed E-state index contributed by atoms with van der Waals surface area (Å²) in [5, 5.41) is 10.4. The minimum Gasteiger partial charge on any atom is -0.426 e. The summed E-state index contributed by atoms with van der Waals surface area (Å²) >= 11 is 0. The molecular formula is C25H34O3. The molecule has 0 amide bonds. The molecule has 5 rings (SSSR count). The Bertz CT molecular complexity index is 785. The minimum atomic E-state index is -0.294. The summed E-state index contributed by atoms with van der Waals surface area (Å²) < 4.78 is 5.78. The molecule has 152 valence electrons. The van der Waals surface area contributed by atoms with Crippen LogP contribution in [0, 0.1) is 23.2 Å². The maximum Gasteiger partial charge on any atom is 0.311 e. The van der Waals surface area contributed by atoms with Gasteiger partial charge in [0, 0.05) is 6.42 Å². The monoisotopic (exact) mass is 382 g/mol. The highest BCUT2D eigenvalue weighted by atomic mass is 16.5. The minimum absolute atomic E-state index is 0.0954. The molecule has 28 heavy (non-hydrogen) atoms. The normalized spacial score (nSPS) is 27.9. The third-order valence-corrected chi connectivity index (χ3v) is 7.37. The van der Waals surface area contributed by atoms with Crippen LogP contribution in [0.25, 0.3) is 0 Å². The number of benzene rings is 1. The first-order valence-corrected chi connectivity index (χ1v) is 11.0. The Morgan fingerprint density at radius 3 is 2.61 bits per heavy atom. The number of hydrogen-bond acceptors (Lipinski definition) is 3. The van der Waals surface area contributed by atoms with Crippen LogP contribution in [0.15, 0.2) is 29.8 Å². The van der Waals surface area contributed by atoms with Crippen molar-refractivity contribution in [2.24, 2.45) is 23.2 Å². The van der Waals surface area contributed by atoms with Crippen molar-refractivity contribution in [2.75, 3.05) is 0 Å². The van der Waals surface area contributed by atoms with Crippen molar-refractivity contribution in [3.05, 3.63) is 41.0 Å². The zero-order valence-corrected chi connectivity index (χ0v) is 17.7. The molecule has 3 atom stereocenters. The predicted molar refractivity (Wildman–Crippen MR) is 111 cm³/mol. The Balaban J connectivity index is 1.46. The van der Waals surface area contributed by atoms with Crippen molar-refractivity contribution in [2.45, 2.75) is 78.2 Å². The summed E-state index contributed by atoms with van der Waals surface area (Å²) in [6.45, 7) is 8.85. The quantitative estimate of drug-likeness (QED) is 0.389. The number of esters is 1. The highest BCUT2D eigenvalue weighted by Gasteiger charge is 2.54. The van der Waals surface area contributed by atoms with Gasteiger partial charge in [0.15, 0.2) is 0 Å². The molecule has 2 fully saturated rings. The van der Waals surface area contributed by atoms with Gasteiger partial charge < -0.3 is 9.84 Å². The number of fused-ring (bicyclic) bond motifs is 1. The number of carbonyl (C=O) groups excluding carboxylic acids is 1. The molecule has 0 aliphatic heterocycles. The molecule has 3 heteroatoms. The second kappa shape index (κ2) is 7.33. The summed E-state index contributed by atoms with van der Waals surface area (Å²) in [4.78, 5) is 12.3. The fourth-order valence-electron chi connectivity index (χ4n) is 5.19. The van der Waals surface area contributed by atoms with Gasteiger partial charge in [-0.15, -0.1) is 0 Å². The van der Waals surface area contributed by atoms with Crippen LogP contribution in [0.2, 0.25) is 0 Å². The molecular weight excluding hydrogens is 348 g/mol. The highest BCUT2D eigenvalue weighted by molar-refractivity contribution is 5.73. The fourth-order valence-corrected chi connectivity index (χ4v) is 5.19. The summed E-state index contributed by atoms with van der Waals surface area (Å²) in [6, 6.07) is 6.35. The maximum atomic E-state index is 12.3. The largest absolute Gasteiger partial charge is 0.426 e. The van der Waals surface area contributed by atoms with E-state index < -0.39 is 0 Å². The van der Waals surface area contributed by atoms with Crippen LogP contribution >= 0.6 is 0 Å². The van der Waals surface area contributed by atoms with Gasteiger partial charge in [-0.1, -0.05) is 51.5 Å². The molecule has 4 aliphatic rings. The average molecular weight is 383 g/mol. The summed E-state index contributed by atoms with van der Waals surface area (Å²) in [5.41, 5.74) is 3.92. The third-order valence-electron chi connectivity index (χ3n) is 7.37. The van der Waals surface area contributed by atoms with Crippen molar-refractivity contribution in [1.29, 1.82) is 0 Å². The Labute approximate surface area is 169 Å².